The van der Waals surface area contributed by atoms with Gasteiger partial charge in [0.25, 0.3) is 5.91 Å². The number of fused-ring (bicyclic) bond motifs is 2. The van der Waals surface area contributed by atoms with E-state index in [1.54, 1.807) is 18.1 Å². The Kier molecular flexibility index (Phi) is 6.93. The van der Waals surface area contributed by atoms with Crippen molar-refractivity contribution >= 4 is 22.6 Å². The van der Waals surface area contributed by atoms with Crippen LogP contribution in [0.2, 0.25) is 0 Å². The zero-order chi connectivity index (χ0) is 30.7. The molecule has 0 spiro atoms. The number of aromatic nitrogens is 3. The Balaban J connectivity index is 1.53. The lowest BCUT2D eigenvalue weighted by Crippen LogP contribution is -2.40. The Morgan fingerprint density at radius 1 is 0.909 bits per heavy atom. The molecule has 7 nitrogen and oxygen atoms in total. The predicted octanol–water partition coefficient (Wildman–Crippen LogP) is 6.47. The molecule has 1 unspecified atom stereocenters. The van der Waals surface area contributed by atoms with E-state index in [0.717, 1.165) is 63.6 Å². The van der Waals surface area contributed by atoms with E-state index >= 15 is 0 Å². The molecule has 9 heteroatoms. The van der Waals surface area contributed by atoms with Gasteiger partial charge in [-0.25, -0.2) is 13.8 Å². The molecular formula is C35H34F2N6O. The number of hydrogen-bond acceptors (Lipinski definition) is 5. The lowest BCUT2D eigenvalue weighted by Gasteiger charge is -2.34. The van der Waals surface area contributed by atoms with Crippen molar-refractivity contribution in [3.63, 3.8) is 0 Å². The number of carbonyl (C=O) groups excluding carboxylic acids is 1. The van der Waals surface area contributed by atoms with E-state index < -0.39 is 11.6 Å². The molecule has 2 aliphatic rings. The van der Waals surface area contributed by atoms with Gasteiger partial charge in [0.15, 0.2) is 0 Å². The van der Waals surface area contributed by atoms with Crippen molar-refractivity contribution in [2.24, 2.45) is 5.73 Å². The largest absolute Gasteiger partial charge is 0.370 e. The maximum absolute atomic E-state index is 14.6. The minimum absolute atomic E-state index is 0.0119. The number of hydrogen-bond donors (Lipinski definition) is 1. The first-order valence-electron chi connectivity index (χ1n) is 15.0. The van der Waals surface area contributed by atoms with Crippen LogP contribution in [-0.2, 0) is 6.54 Å². The number of carbonyl (C=O) groups is 1. The second-order valence-electron chi connectivity index (χ2n) is 12.1. The zero-order valence-corrected chi connectivity index (χ0v) is 25.0. The summed E-state index contributed by atoms with van der Waals surface area (Å²) in [6.07, 6.45) is 7.23. The Bertz CT molecular complexity index is 1890. The summed E-state index contributed by atoms with van der Waals surface area (Å²) in [5, 5.41) is 0.861. The molecule has 7 rings (SSSR count). The average Bonchev–Trinajstić information content (AvgIpc) is 3.53. The molecule has 0 bridgehead atoms. The molecule has 5 aromatic rings. The predicted molar refractivity (Wildman–Crippen MR) is 169 cm³/mol. The fourth-order valence-electron chi connectivity index (χ4n) is 6.57. The Hall–Kier alpha value is -4.63. The van der Waals surface area contributed by atoms with Crippen molar-refractivity contribution in [2.75, 3.05) is 25.0 Å². The number of nitrogens with two attached hydrogens (primary N) is 1. The van der Waals surface area contributed by atoms with Gasteiger partial charge in [-0.3, -0.25) is 9.78 Å². The molecular weight excluding hydrogens is 558 g/mol. The molecule has 2 aromatic carbocycles. The first kappa shape index (κ1) is 28.2. The van der Waals surface area contributed by atoms with Crippen LogP contribution in [0.25, 0.3) is 33.3 Å². The van der Waals surface area contributed by atoms with Gasteiger partial charge in [0, 0.05) is 74.1 Å². The van der Waals surface area contributed by atoms with Crippen LogP contribution in [0.15, 0.2) is 67.1 Å². The summed E-state index contributed by atoms with van der Waals surface area (Å²) >= 11 is 0. The second kappa shape index (κ2) is 10.8. The van der Waals surface area contributed by atoms with E-state index in [-0.39, 0.29) is 18.0 Å². The molecule has 2 aliphatic heterocycles. The zero-order valence-electron chi connectivity index (χ0n) is 25.0. The van der Waals surface area contributed by atoms with Gasteiger partial charge in [0.05, 0.1) is 22.8 Å². The molecule has 1 amide bonds. The molecule has 0 radical (unpaired) electrons. The topological polar surface area (TPSA) is 80.3 Å². The molecule has 1 saturated heterocycles. The minimum atomic E-state index is -0.648. The molecule has 44 heavy (non-hydrogen) atoms. The molecule has 5 heterocycles. The SMILES string of the molecule is Cc1ccc(C(C)n2cc(-c3ccc4c(c3)C(=O)N(C)C4)c3c(N4CCC(N)CC4)c(-c4cc(F)cc(F)c4)cnc32)nc1. The van der Waals surface area contributed by atoms with Gasteiger partial charge in [-0.1, -0.05) is 18.2 Å². The third-order valence-electron chi connectivity index (χ3n) is 9.03. The van der Waals surface area contributed by atoms with Crippen LogP contribution in [0, 0.1) is 18.6 Å². The van der Waals surface area contributed by atoms with E-state index in [0.29, 0.717) is 36.3 Å². The molecule has 224 valence electrons. The Morgan fingerprint density at radius 3 is 2.36 bits per heavy atom. The third kappa shape index (κ3) is 4.81. The van der Waals surface area contributed by atoms with Gasteiger partial charge >= 0.3 is 0 Å². The lowest BCUT2D eigenvalue weighted by molar-refractivity contribution is 0.0816. The first-order valence-corrected chi connectivity index (χ1v) is 15.0. The Labute approximate surface area is 254 Å². The van der Waals surface area contributed by atoms with Crippen LogP contribution in [0.1, 0.15) is 53.0 Å². The van der Waals surface area contributed by atoms with Crippen molar-refractivity contribution in [3.05, 3.63) is 101 Å². The summed E-state index contributed by atoms with van der Waals surface area (Å²) < 4.78 is 31.3. The number of nitrogens with zero attached hydrogens (tertiary/aromatic N) is 5. The molecule has 3 aromatic heterocycles. The van der Waals surface area contributed by atoms with Crippen LogP contribution in [-0.4, -0.2) is 51.5 Å². The van der Waals surface area contributed by atoms with Gasteiger partial charge < -0.3 is 20.1 Å². The van der Waals surface area contributed by atoms with Crippen molar-refractivity contribution in [2.45, 2.75) is 45.3 Å². The summed E-state index contributed by atoms with van der Waals surface area (Å²) in [5.41, 5.74) is 14.3. The van der Waals surface area contributed by atoms with Crippen molar-refractivity contribution in [1.82, 2.24) is 19.4 Å². The minimum Gasteiger partial charge on any atom is -0.370 e. The number of anilines is 1. The van der Waals surface area contributed by atoms with Crippen LogP contribution < -0.4 is 10.6 Å². The van der Waals surface area contributed by atoms with Gasteiger partial charge in [-0.2, -0.15) is 0 Å². The maximum Gasteiger partial charge on any atom is 0.254 e. The first-order chi connectivity index (χ1) is 21.2. The summed E-state index contributed by atoms with van der Waals surface area (Å²) in [4.78, 5) is 26.7. The highest BCUT2D eigenvalue weighted by atomic mass is 19.1. The number of benzene rings is 2. The molecule has 2 N–H and O–H groups in total. The van der Waals surface area contributed by atoms with Gasteiger partial charge in [-0.05, 0) is 73.2 Å². The fourth-order valence-corrected chi connectivity index (χ4v) is 6.57. The number of amides is 1. The van der Waals surface area contributed by atoms with Gasteiger partial charge in [0.2, 0.25) is 0 Å². The monoisotopic (exact) mass is 592 g/mol. The number of piperidine rings is 1. The number of rotatable bonds is 5. The smallest absolute Gasteiger partial charge is 0.254 e. The van der Waals surface area contributed by atoms with Gasteiger partial charge in [0.1, 0.15) is 17.3 Å². The number of aryl methyl sites for hydroxylation is 1. The van der Waals surface area contributed by atoms with Gasteiger partial charge in [-0.15, -0.1) is 0 Å². The maximum atomic E-state index is 14.6. The van der Waals surface area contributed by atoms with Crippen molar-refractivity contribution in [1.29, 1.82) is 0 Å². The summed E-state index contributed by atoms with van der Waals surface area (Å²) in [5.74, 6) is -1.31. The van der Waals surface area contributed by atoms with E-state index in [4.69, 9.17) is 15.7 Å². The number of halogens is 2. The molecule has 0 saturated carbocycles. The standard InChI is InChI=1S/C35H34F2N6O/c1-20-4-7-31(39-16-20)21(2)43-19-30(22-5-6-23-18-41(3)35(44)28(23)14-22)32-33(42-10-8-27(38)9-11-42)29(17-40-34(32)43)24-12-25(36)15-26(37)13-24/h4-7,12-17,19,21,27H,8-11,18,38H2,1-3H3. The lowest BCUT2D eigenvalue weighted by atomic mass is 9.95. The molecule has 0 aliphatic carbocycles. The second-order valence-corrected chi connectivity index (χ2v) is 12.1. The average molecular weight is 593 g/mol. The summed E-state index contributed by atoms with van der Waals surface area (Å²) in [6, 6.07) is 13.6. The molecule has 1 fully saturated rings. The highest BCUT2D eigenvalue weighted by molar-refractivity contribution is 6.09. The normalized spacial score (nSPS) is 16.2. The van der Waals surface area contributed by atoms with Crippen molar-refractivity contribution < 1.29 is 13.6 Å². The quantitative estimate of drug-likeness (QED) is 0.253. The van der Waals surface area contributed by atoms with Crippen LogP contribution in [0.3, 0.4) is 0 Å². The highest BCUT2D eigenvalue weighted by Crippen LogP contribution is 2.45. The fraction of sp³-hybridized carbons (Fsp3) is 0.286. The highest BCUT2D eigenvalue weighted by Gasteiger charge is 2.29. The van der Waals surface area contributed by atoms with Crippen LogP contribution in [0.4, 0.5) is 14.5 Å². The summed E-state index contributed by atoms with van der Waals surface area (Å²) in [6.45, 7) is 6.05. The van der Waals surface area contributed by atoms with E-state index in [1.165, 1.54) is 12.1 Å². The van der Waals surface area contributed by atoms with Crippen LogP contribution in [0.5, 0.6) is 0 Å². The number of pyridine rings is 2. The van der Waals surface area contributed by atoms with E-state index in [1.807, 2.05) is 43.5 Å². The summed E-state index contributed by atoms with van der Waals surface area (Å²) in [7, 11) is 1.80. The van der Waals surface area contributed by atoms with Crippen LogP contribution >= 0.6 is 0 Å². The van der Waals surface area contributed by atoms with E-state index in [9.17, 15) is 13.6 Å². The van der Waals surface area contributed by atoms with Crippen molar-refractivity contribution in [3.8, 4) is 22.3 Å². The third-order valence-corrected chi connectivity index (χ3v) is 9.03. The van der Waals surface area contributed by atoms with E-state index in [2.05, 4.69) is 22.6 Å². The molecule has 1 atom stereocenters. The Morgan fingerprint density at radius 2 is 1.66 bits per heavy atom.